The van der Waals surface area contributed by atoms with Crippen molar-refractivity contribution in [3.8, 4) is 11.5 Å². The van der Waals surface area contributed by atoms with Gasteiger partial charge in [0, 0.05) is 6.54 Å². The molecule has 0 spiro atoms. The van der Waals surface area contributed by atoms with Gasteiger partial charge in [-0.25, -0.2) is 0 Å². The fraction of sp³-hybridized carbons (Fsp3) is 0.368. The van der Waals surface area contributed by atoms with E-state index in [9.17, 15) is 14.7 Å². The van der Waals surface area contributed by atoms with Crippen LogP contribution in [0.5, 0.6) is 11.5 Å². The molecule has 2 aromatic rings. The van der Waals surface area contributed by atoms with Gasteiger partial charge in [-0.3, -0.25) is 9.59 Å². The summed E-state index contributed by atoms with van der Waals surface area (Å²) in [6.07, 6.45) is 1.88. The summed E-state index contributed by atoms with van der Waals surface area (Å²) in [6.45, 7) is 2.13. The number of hydrogen-bond acceptors (Lipinski definition) is 5. The highest BCUT2D eigenvalue weighted by molar-refractivity contribution is 5.95. The predicted octanol–water partition coefficient (Wildman–Crippen LogP) is 2.82. The van der Waals surface area contributed by atoms with Gasteiger partial charge in [-0.2, -0.15) is 0 Å². The molecule has 1 atom stereocenters. The van der Waals surface area contributed by atoms with Gasteiger partial charge in [0.2, 0.25) is 0 Å². The topological polar surface area (TPSA) is 89.2 Å². The highest BCUT2D eigenvalue weighted by Gasteiger charge is 2.35. The standard InChI is InChI=1S/C19H21NO6/c1-11-13(5-7-26-11)19(23)20-6-4-12-8-16(24-2)17(25-3)9-14(12)15(20)10-18(21)22/h5,7-9,15H,4,6,10H2,1-3H3,(H,21,22)/t15-/m0/s1. The number of carbonyl (C=O) groups is 2. The smallest absolute Gasteiger partial charge is 0.305 e. The molecule has 0 unspecified atom stereocenters. The zero-order chi connectivity index (χ0) is 18.8. The van der Waals surface area contributed by atoms with E-state index >= 15 is 0 Å². The second-order valence-corrected chi connectivity index (χ2v) is 6.16. The lowest BCUT2D eigenvalue weighted by Crippen LogP contribution is -2.41. The number of benzene rings is 1. The molecule has 0 saturated heterocycles. The maximum absolute atomic E-state index is 13.0. The summed E-state index contributed by atoms with van der Waals surface area (Å²) >= 11 is 0. The first-order valence-electron chi connectivity index (χ1n) is 8.28. The Morgan fingerprint density at radius 1 is 1.27 bits per heavy atom. The van der Waals surface area contributed by atoms with Crippen LogP contribution in [0.2, 0.25) is 0 Å². The summed E-state index contributed by atoms with van der Waals surface area (Å²) in [6, 6.07) is 4.65. The van der Waals surface area contributed by atoms with E-state index in [-0.39, 0.29) is 12.3 Å². The van der Waals surface area contributed by atoms with E-state index in [4.69, 9.17) is 13.9 Å². The van der Waals surface area contributed by atoms with E-state index in [0.29, 0.717) is 35.8 Å². The first kappa shape index (κ1) is 17.8. The number of nitrogens with zero attached hydrogens (tertiary/aromatic N) is 1. The number of amides is 1. The Balaban J connectivity index is 2.05. The molecule has 0 fully saturated rings. The molecule has 1 N–H and O–H groups in total. The van der Waals surface area contributed by atoms with Crippen molar-refractivity contribution >= 4 is 11.9 Å². The minimum Gasteiger partial charge on any atom is -0.493 e. The van der Waals surface area contributed by atoms with Crippen molar-refractivity contribution in [3.05, 3.63) is 46.9 Å². The van der Waals surface area contributed by atoms with Crippen molar-refractivity contribution in [2.45, 2.75) is 25.8 Å². The Morgan fingerprint density at radius 2 is 1.96 bits per heavy atom. The van der Waals surface area contributed by atoms with E-state index in [1.165, 1.54) is 13.4 Å². The third-order valence-corrected chi connectivity index (χ3v) is 4.72. The number of aliphatic carboxylic acids is 1. The summed E-state index contributed by atoms with van der Waals surface area (Å²) in [5.74, 6) is 0.408. The molecule has 0 bridgehead atoms. The second-order valence-electron chi connectivity index (χ2n) is 6.16. The molecule has 7 heteroatoms. The molecule has 1 aromatic carbocycles. The van der Waals surface area contributed by atoms with Crippen molar-refractivity contribution in [3.63, 3.8) is 0 Å². The summed E-state index contributed by atoms with van der Waals surface area (Å²) in [4.78, 5) is 26.0. The van der Waals surface area contributed by atoms with Crippen LogP contribution in [0.1, 0.15) is 39.7 Å². The number of rotatable bonds is 5. The van der Waals surface area contributed by atoms with E-state index in [1.807, 2.05) is 6.07 Å². The lowest BCUT2D eigenvalue weighted by molar-refractivity contribution is -0.138. The van der Waals surface area contributed by atoms with Crippen LogP contribution in [0.4, 0.5) is 0 Å². The van der Waals surface area contributed by atoms with Crippen LogP contribution in [-0.2, 0) is 11.2 Å². The van der Waals surface area contributed by atoms with Gasteiger partial charge >= 0.3 is 5.97 Å². The molecule has 1 amide bonds. The highest BCUT2D eigenvalue weighted by Crippen LogP contribution is 2.40. The van der Waals surface area contributed by atoms with Gasteiger partial charge in [0.1, 0.15) is 5.76 Å². The first-order valence-corrected chi connectivity index (χ1v) is 8.28. The maximum Gasteiger partial charge on any atom is 0.305 e. The van der Waals surface area contributed by atoms with Gasteiger partial charge in [-0.1, -0.05) is 0 Å². The number of hydrogen-bond donors (Lipinski definition) is 1. The van der Waals surface area contributed by atoms with E-state index in [2.05, 4.69) is 0 Å². The number of ether oxygens (including phenoxy) is 2. The lowest BCUT2D eigenvalue weighted by atomic mass is 9.89. The van der Waals surface area contributed by atoms with Crippen LogP contribution in [0.25, 0.3) is 0 Å². The molecule has 1 aromatic heterocycles. The Bertz CT molecular complexity index is 841. The summed E-state index contributed by atoms with van der Waals surface area (Å²) < 4.78 is 15.9. The monoisotopic (exact) mass is 359 g/mol. The Kier molecular flexibility index (Phi) is 4.88. The zero-order valence-electron chi connectivity index (χ0n) is 14.9. The van der Waals surface area contributed by atoms with E-state index < -0.39 is 12.0 Å². The molecular formula is C19H21NO6. The van der Waals surface area contributed by atoms with Crippen LogP contribution >= 0.6 is 0 Å². The average molecular weight is 359 g/mol. The number of carboxylic acid groups (broad SMARTS) is 1. The summed E-state index contributed by atoms with van der Waals surface area (Å²) in [7, 11) is 3.08. The van der Waals surface area contributed by atoms with Gasteiger partial charge in [0.15, 0.2) is 11.5 Å². The Labute approximate surface area is 151 Å². The van der Waals surface area contributed by atoms with E-state index in [0.717, 1.165) is 11.1 Å². The van der Waals surface area contributed by atoms with Crippen LogP contribution < -0.4 is 9.47 Å². The average Bonchev–Trinajstić information content (AvgIpc) is 3.05. The van der Waals surface area contributed by atoms with Gasteiger partial charge in [0.25, 0.3) is 5.91 Å². The van der Waals surface area contributed by atoms with Crippen LogP contribution in [0.3, 0.4) is 0 Å². The van der Waals surface area contributed by atoms with Crippen molar-refractivity contribution in [2.24, 2.45) is 0 Å². The summed E-state index contributed by atoms with van der Waals surface area (Å²) in [5.41, 5.74) is 2.18. The summed E-state index contributed by atoms with van der Waals surface area (Å²) in [5, 5.41) is 9.39. The lowest BCUT2D eigenvalue weighted by Gasteiger charge is -2.37. The minimum absolute atomic E-state index is 0.189. The predicted molar refractivity (Wildman–Crippen MR) is 92.7 cm³/mol. The third-order valence-electron chi connectivity index (χ3n) is 4.72. The van der Waals surface area contributed by atoms with Gasteiger partial charge in [0.05, 0.1) is 38.5 Å². The Morgan fingerprint density at radius 3 is 2.54 bits per heavy atom. The third kappa shape index (κ3) is 3.12. The second kappa shape index (κ2) is 7.11. The Hall–Kier alpha value is -2.96. The fourth-order valence-corrected chi connectivity index (χ4v) is 3.42. The number of carbonyl (C=O) groups excluding carboxylic acids is 1. The molecule has 26 heavy (non-hydrogen) atoms. The minimum atomic E-state index is -0.973. The number of fused-ring (bicyclic) bond motifs is 1. The number of furan rings is 1. The molecular weight excluding hydrogens is 338 g/mol. The molecule has 138 valence electrons. The van der Waals surface area contributed by atoms with Crippen molar-refractivity contribution < 1.29 is 28.6 Å². The quantitative estimate of drug-likeness (QED) is 0.883. The van der Waals surface area contributed by atoms with Gasteiger partial charge in [-0.15, -0.1) is 0 Å². The van der Waals surface area contributed by atoms with Crippen molar-refractivity contribution in [1.29, 1.82) is 0 Å². The van der Waals surface area contributed by atoms with Gasteiger partial charge < -0.3 is 23.9 Å². The maximum atomic E-state index is 13.0. The van der Waals surface area contributed by atoms with Crippen LogP contribution in [0.15, 0.2) is 28.9 Å². The number of aryl methyl sites for hydroxylation is 1. The molecule has 1 aliphatic heterocycles. The number of carboxylic acids is 1. The van der Waals surface area contributed by atoms with Crippen molar-refractivity contribution in [1.82, 2.24) is 4.90 Å². The van der Waals surface area contributed by atoms with Gasteiger partial charge in [-0.05, 0) is 42.7 Å². The largest absolute Gasteiger partial charge is 0.493 e. The molecule has 7 nitrogen and oxygen atoms in total. The van der Waals surface area contributed by atoms with Crippen LogP contribution in [-0.4, -0.2) is 42.6 Å². The fourth-order valence-electron chi connectivity index (χ4n) is 3.42. The molecule has 3 rings (SSSR count). The SMILES string of the molecule is COc1cc2c(cc1OC)[C@H](CC(=O)O)N(C(=O)c1ccoc1C)CC2. The van der Waals surface area contributed by atoms with Crippen LogP contribution in [0, 0.1) is 6.92 Å². The van der Waals surface area contributed by atoms with E-state index in [1.54, 1.807) is 31.1 Å². The molecule has 0 aliphatic carbocycles. The first-order chi connectivity index (χ1) is 12.5. The molecule has 0 saturated carbocycles. The highest BCUT2D eigenvalue weighted by atomic mass is 16.5. The molecule has 2 heterocycles. The molecule has 0 radical (unpaired) electrons. The molecule has 1 aliphatic rings. The number of methoxy groups -OCH3 is 2. The van der Waals surface area contributed by atoms with Crippen molar-refractivity contribution in [2.75, 3.05) is 20.8 Å². The normalized spacial score (nSPS) is 16.1. The zero-order valence-corrected chi connectivity index (χ0v) is 14.9.